The second-order valence-electron chi connectivity index (χ2n) is 5.16. The topological polar surface area (TPSA) is 34.1 Å². The lowest BCUT2D eigenvalue weighted by molar-refractivity contribution is -0.00900. The van der Waals surface area contributed by atoms with E-state index < -0.39 is 0 Å². The molecule has 1 saturated carbocycles. The van der Waals surface area contributed by atoms with Crippen LogP contribution in [0, 0.1) is 0 Å². The van der Waals surface area contributed by atoms with E-state index in [2.05, 4.69) is 24.5 Å². The predicted octanol–water partition coefficient (Wildman–Crippen LogP) is 3.62. The molecule has 0 radical (unpaired) electrons. The van der Waals surface area contributed by atoms with Gasteiger partial charge in [0.15, 0.2) is 0 Å². The van der Waals surface area contributed by atoms with Crippen LogP contribution in [0.2, 0.25) is 0 Å². The number of hydrogen-bond donors (Lipinski definition) is 1. The van der Waals surface area contributed by atoms with E-state index in [9.17, 15) is 0 Å². The molecule has 1 fully saturated rings. The highest BCUT2D eigenvalue weighted by atomic mass is 32.1. The summed E-state index contributed by atoms with van der Waals surface area (Å²) in [6.45, 7) is 5.41. The molecule has 3 nitrogen and oxygen atoms in total. The van der Waals surface area contributed by atoms with Gasteiger partial charge in [0.05, 0.1) is 5.69 Å². The Labute approximate surface area is 114 Å². The van der Waals surface area contributed by atoms with Crippen molar-refractivity contribution in [2.75, 3.05) is 13.7 Å². The SMILES string of the molecule is CCCNC(C)c1csc(C2(OC)CCCC2)n1. The normalized spacial score (nSPS) is 20.2. The van der Waals surface area contributed by atoms with E-state index in [1.54, 1.807) is 11.3 Å². The van der Waals surface area contributed by atoms with Gasteiger partial charge in [-0.3, -0.25) is 0 Å². The summed E-state index contributed by atoms with van der Waals surface area (Å²) >= 11 is 1.76. The molecule has 0 saturated heterocycles. The quantitative estimate of drug-likeness (QED) is 0.855. The zero-order valence-corrected chi connectivity index (χ0v) is 12.5. The highest BCUT2D eigenvalue weighted by molar-refractivity contribution is 7.09. The van der Waals surface area contributed by atoms with Gasteiger partial charge in [0.25, 0.3) is 0 Å². The van der Waals surface area contributed by atoms with Gasteiger partial charge in [0.1, 0.15) is 10.6 Å². The lowest BCUT2D eigenvalue weighted by Gasteiger charge is -2.24. The van der Waals surface area contributed by atoms with Crippen molar-refractivity contribution in [1.29, 1.82) is 0 Å². The van der Waals surface area contributed by atoms with Crippen LogP contribution >= 0.6 is 11.3 Å². The molecule has 0 amide bonds. The van der Waals surface area contributed by atoms with E-state index in [4.69, 9.17) is 9.72 Å². The molecule has 1 aromatic heterocycles. The third-order valence-corrected chi connectivity index (χ3v) is 4.90. The Hall–Kier alpha value is -0.450. The summed E-state index contributed by atoms with van der Waals surface area (Å²) in [5, 5.41) is 6.84. The van der Waals surface area contributed by atoms with Crippen molar-refractivity contribution in [1.82, 2.24) is 10.3 Å². The largest absolute Gasteiger partial charge is 0.371 e. The first-order chi connectivity index (χ1) is 8.72. The Morgan fingerprint density at radius 2 is 2.22 bits per heavy atom. The number of rotatable bonds is 6. The van der Waals surface area contributed by atoms with E-state index in [0.717, 1.165) is 31.5 Å². The molecule has 1 aliphatic rings. The third-order valence-electron chi connectivity index (χ3n) is 3.86. The molecular formula is C14H24N2OS. The average Bonchev–Trinajstić information content (AvgIpc) is 3.04. The molecule has 4 heteroatoms. The van der Waals surface area contributed by atoms with Crippen molar-refractivity contribution in [3.05, 3.63) is 16.1 Å². The van der Waals surface area contributed by atoms with Gasteiger partial charge in [-0.1, -0.05) is 19.8 Å². The van der Waals surface area contributed by atoms with Crippen molar-refractivity contribution in [3.63, 3.8) is 0 Å². The van der Waals surface area contributed by atoms with Crippen LogP contribution in [-0.2, 0) is 10.3 Å². The molecule has 18 heavy (non-hydrogen) atoms. The molecule has 1 unspecified atom stereocenters. The first-order valence-electron chi connectivity index (χ1n) is 6.96. The van der Waals surface area contributed by atoms with Gasteiger partial charge in [-0.25, -0.2) is 4.98 Å². The average molecular weight is 268 g/mol. The Balaban J connectivity index is 2.09. The minimum Gasteiger partial charge on any atom is -0.371 e. The zero-order valence-electron chi connectivity index (χ0n) is 11.7. The van der Waals surface area contributed by atoms with Gasteiger partial charge in [-0.15, -0.1) is 11.3 Å². The molecule has 2 rings (SSSR count). The first kappa shape index (κ1) is 14.0. The van der Waals surface area contributed by atoms with Gasteiger partial charge in [0, 0.05) is 18.5 Å². The minimum atomic E-state index is -0.0899. The van der Waals surface area contributed by atoms with Crippen LogP contribution in [0.5, 0.6) is 0 Å². The number of nitrogens with one attached hydrogen (secondary N) is 1. The fourth-order valence-electron chi connectivity index (χ4n) is 2.61. The van der Waals surface area contributed by atoms with Crippen molar-refractivity contribution in [3.8, 4) is 0 Å². The number of methoxy groups -OCH3 is 1. The smallest absolute Gasteiger partial charge is 0.125 e. The summed E-state index contributed by atoms with van der Waals surface area (Å²) in [5.41, 5.74) is 1.07. The van der Waals surface area contributed by atoms with Crippen LogP contribution in [0.25, 0.3) is 0 Å². The zero-order chi connectivity index (χ0) is 13.0. The molecule has 0 aliphatic heterocycles. The minimum absolute atomic E-state index is 0.0899. The number of aromatic nitrogens is 1. The van der Waals surface area contributed by atoms with Crippen LogP contribution in [0.15, 0.2) is 5.38 Å². The Kier molecular flexibility index (Phi) is 4.76. The maximum Gasteiger partial charge on any atom is 0.125 e. The van der Waals surface area contributed by atoms with E-state index >= 15 is 0 Å². The standard InChI is InChI=1S/C14H24N2OS/c1-4-9-15-11(2)12-10-18-13(16-12)14(17-3)7-5-6-8-14/h10-11,15H,4-9H2,1-3H3. The van der Waals surface area contributed by atoms with Crippen LogP contribution in [0.4, 0.5) is 0 Å². The highest BCUT2D eigenvalue weighted by Gasteiger charge is 2.38. The summed E-state index contributed by atoms with van der Waals surface area (Å²) in [5.74, 6) is 0. The molecule has 1 N–H and O–H groups in total. The Morgan fingerprint density at radius 1 is 1.50 bits per heavy atom. The second-order valence-corrected chi connectivity index (χ2v) is 6.02. The molecule has 1 heterocycles. The number of hydrogen-bond acceptors (Lipinski definition) is 4. The van der Waals surface area contributed by atoms with Gasteiger partial charge >= 0.3 is 0 Å². The van der Waals surface area contributed by atoms with Crippen molar-refractivity contribution < 1.29 is 4.74 Å². The van der Waals surface area contributed by atoms with E-state index in [1.807, 2.05) is 7.11 Å². The van der Waals surface area contributed by atoms with Crippen LogP contribution in [-0.4, -0.2) is 18.6 Å². The summed E-state index contributed by atoms with van der Waals surface area (Å²) in [7, 11) is 1.82. The lowest BCUT2D eigenvalue weighted by atomic mass is 10.0. The van der Waals surface area contributed by atoms with Crippen molar-refractivity contribution in [2.45, 2.75) is 57.6 Å². The number of thiazole rings is 1. The van der Waals surface area contributed by atoms with Gasteiger partial charge in [0.2, 0.25) is 0 Å². The molecule has 0 bridgehead atoms. The molecule has 0 aromatic carbocycles. The molecule has 1 atom stereocenters. The molecular weight excluding hydrogens is 244 g/mol. The third kappa shape index (κ3) is 2.76. The van der Waals surface area contributed by atoms with Crippen molar-refractivity contribution in [2.24, 2.45) is 0 Å². The summed E-state index contributed by atoms with van der Waals surface area (Å²) in [6.07, 6.45) is 5.91. The molecule has 1 aromatic rings. The lowest BCUT2D eigenvalue weighted by Crippen LogP contribution is -2.25. The Morgan fingerprint density at radius 3 is 2.83 bits per heavy atom. The second kappa shape index (κ2) is 6.13. The first-order valence-corrected chi connectivity index (χ1v) is 7.84. The van der Waals surface area contributed by atoms with Crippen LogP contribution in [0.3, 0.4) is 0 Å². The fraction of sp³-hybridized carbons (Fsp3) is 0.786. The van der Waals surface area contributed by atoms with E-state index in [0.29, 0.717) is 6.04 Å². The molecule has 102 valence electrons. The van der Waals surface area contributed by atoms with Gasteiger partial charge < -0.3 is 10.1 Å². The molecule has 0 spiro atoms. The summed E-state index contributed by atoms with van der Waals surface area (Å²) in [6, 6.07) is 0.338. The summed E-state index contributed by atoms with van der Waals surface area (Å²) in [4.78, 5) is 4.82. The van der Waals surface area contributed by atoms with E-state index in [1.165, 1.54) is 17.8 Å². The van der Waals surface area contributed by atoms with Gasteiger partial charge in [-0.2, -0.15) is 0 Å². The maximum atomic E-state index is 5.79. The van der Waals surface area contributed by atoms with E-state index in [-0.39, 0.29) is 5.60 Å². The Bertz CT molecular complexity index is 372. The molecule has 1 aliphatic carbocycles. The predicted molar refractivity (Wildman–Crippen MR) is 76.0 cm³/mol. The monoisotopic (exact) mass is 268 g/mol. The highest BCUT2D eigenvalue weighted by Crippen LogP contribution is 2.43. The van der Waals surface area contributed by atoms with Crippen LogP contribution < -0.4 is 5.32 Å². The van der Waals surface area contributed by atoms with Crippen molar-refractivity contribution >= 4 is 11.3 Å². The maximum absolute atomic E-state index is 5.79. The fourth-order valence-corrected chi connectivity index (χ4v) is 3.76. The number of nitrogens with zero attached hydrogens (tertiary/aromatic N) is 1. The summed E-state index contributed by atoms with van der Waals surface area (Å²) < 4.78 is 5.79. The van der Waals surface area contributed by atoms with Gasteiger partial charge in [-0.05, 0) is 32.7 Å². The number of ether oxygens (including phenoxy) is 1. The van der Waals surface area contributed by atoms with Crippen LogP contribution in [0.1, 0.15) is 62.7 Å².